The van der Waals surface area contributed by atoms with Gasteiger partial charge in [0.15, 0.2) is 11.5 Å². The molecule has 0 saturated carbocycles. The van der Waals surface area contributed by atoms with Crippen LogP contribution >= 0.6 is 34.2 Å². The highest BCUT2D eigenvalue weighted by Gasteiger charge is 2.17. The summed E-state index contributed by atoms with van der Waals surface area (Å²) in [5.41, 5.74) is 0.755. The van der Waals surface area contributed by atoms with Crippen molar-refractivity contribution < 1.29 is 24.3 Å². The van der Waals surface area contributed by atoms with Crippen molar-refractivity contribution in [3.05, 3.63) is 90.0 Å². The zero-order chi connectivity index (χ0) is 25.5. The van der Waals surface area contributed by atoms with Gasteiger partial charge < -0.3 is 19.9 Å². The molecule has 0 bridgehead atoms. The van der Waals surface area contributed by atoms with Crippen LogP contribution in [0.25, 0.3) is 6.08 Å². The first-order valence-corrected chi connectivity index (χ1v) is 11.3. The summed E-state index contributed by atoms with van der Waals surface area (Å²) in [6.07, 6.45) is 1.35. The van der Waals surface area contributed by atoms with Crippen LogP contribution in [0.1, 0.15) is 11.1 Å². The minimum atomic E-state index is -0.798. The number of hydrogen-bond acceptors (Lipinski definition) is 7. The van der Waals surface area contributed by atoms with Crippen molar-refractivity contribution in [2.24, 2.45) is 0 Å². The molecule has 0 aliphatic carbocycles. The third-order valence-electron chi connectivity index (χ3n) is 4.66. The number of nitro benzene ring substituents is 1. The van der Waals surface area contributed by atoms with E-state index in [0.29, 0.717) is 25.7 Å². The molecule has 0 aromatic heterocycles. The van der Waals surface area contributed by atoms with E-state index in [1.54, 1.807) is 24.3 Å². The normalized spacial score (nSPS) is 10.9. The molecule has 2 N–H and O–H groups in total. The van der Waals surface area contributed by atoms with E-state index in [-0.39, 0.29) is 23.6 Å². The number of amides is 1. The van der Waals surface area contributed by atoms with Crippen LogP contribution in [0.2, 0.25) is 5.02 Å². The smallest absolute Gasteiger partial charge is 0.273 e. The molecule has 3 aromatic rings. The van der Waals surface area contributed by atoms with Crippen LogP contribution in [0.15, 0.2) is 60.2 Å². The SMILES string of the molecule is COc1cc(C=C(C#N)C(=O)Nc2ccc([N+](=O)[O-])cc2O)cc(I)c1OCc1ccc(Cl)cc1. The Morgan fingerprint density at radius 2 is 1.97 bits per heavy atom. The number of phenols is 1. The Hall–Kier alpha value is -3.82. The Morgan fingerprint density at radius 3 is 2.57 bits per heavy atom. The summed E-state index contributed by atoms with van der Waals surface area (Å²) in [5, 5.41) is 33.3. The van der Waals surface area contributed by atoms with Gasteiger partial charge >= 0.3 is 0 Å². The number of halogens is 2. The second-order valence-electron chi connectivity index (χ2n) is 7.03. The number of anilines is 1. The molecule has 0 heterocycles. The van der Waals surface area contributed by atoms with Gasteiger partial charge in [-0.25, -0.2) is 0 Å². The van der Waals surface area contributed by atoms with Crippen molar-refractivity contribution in [2.45, 2.75) is 6.61 Å². The Morgan fingerprint density at radius 1 is 1.26 bits per heavy atom. The highest BCUT2D eigenvalue weighted by molar-refractivity contribution is 14.1. The molecule has 0 aliphatic heterocycles. The monoisotopic (exact) mass is 605 g/mol. The maximum atomic E-state index is 12.6. The fraction of sp³-hybridized carbons (Fsp3) is 0.0833. The first kappa shape index (κ1) is 25.8. The largest absolute Gasteiger partial charge is 0.506 e. The lowest BCUT2D eigenvalue weighted by atomic mass is 10.1. The fourth-order valence-electron chi connectivity index (χ4n) is 2.94. The number of methoxy groups -OCH3 is 1. The molecule has 0 fully saturated rings. The highest BCUT2D eigenvalue weighted by Crippen LogP contribution is 2.35. The summed E-state index contributed by atoms with van der Waals surface area (Å²) < 4.78 is 12.0. The van der Waals surface area contributed by atoms with Crippen molar-refractivity contribution in [1.82, 2.24) is 0 Å². The first-order chi connectivity index (χ1) is 16.7. The Balaban J connectivity index is 1.81. The lowest BCUT2D eigenvalue weighted by Gasteiger charge is -2.14. The van der Waals surface area contributed by atoms with Crippen molar-refractivity contribution in [3.8, 4) is 23.3 Å². The zero-order valence-corrected chi connectivity index (χ0v) is 21.0. The lowest BCUT2D eigenvalue weighted by molar-refractivity contribution is -0.384. The Bertz CT molecular complexity index is 1350. The number of aromatic hydroxyl groups is 1. The van der Waals surface area contributed by atoms with Crippen molar-refractivity contribution in [2.75, 3.05) is 12.4 Å². The number of carbonyl (C=O) groups is 1. The number of rotatable bonds is 8. The van der Waals surface area contributed by atoms with Crippen LogP contribution in [0.4, 0.5) is 11.4 Å². The van der Waals surface area contributed by atoms with Gasteiger partial charge in [0.1, 0.15) is 24.0 Å². The molecule has 0 unspecified atom stereocenters. The van der Waals surface area contributed by atoms with Crippen LogP contribution in [0.5, 0.6) is 17.2 Å². The summed E-state index contributed by atoms with van der Waals surface area (Å²) in [7, 11) is 1.48. The number of non-ortho nitro benzene ring substituents is 1. The molecule has 0 aliphatic rings. The summed E-state index contributed by atoms with van der Waals surface area (Å²) in [5.74, 6) is -0.390. The minimum Gasteiger partial charge on any atom is -0.506 e. The van der Waals surface area contributed by atoms with Gasteiger partial charge in [0, 0.05) is 11.1 Å². The third-order valence-corrected chi connectivity index (χ3v) is 5.72. The molecular formula is C24H17ClIN3O6. The lowest BCUT2D eigenvalue weighted by Crippen LogP contribution is -2.13. The van der Waals surface area contributed by atoms with E-state index >= 15 is 0 Å². The van der Waals surface area contributed by atoms with Gasteiger partial charge in [-0.1, -0.05) is 23.7 Å². The average Bonchev–Trinajstić information content (AvgIpc) is 2.83. The number of ether oxygens (including phenoxy) is 2. The van der Waals surface area contributed by atoms with Crippen molar-refractivity contribution in [3.63, 3.8) is 0 Å². The topological polar surface area (TPSA) is 135 Å². The maximum absolute atomic E-state index is 12.6. The number of hydrogen-bond donors (Lipinski definition) is 2. The predicted octanol–water partition coefficient (Wildman–Crippen LogP) is 5.69. The Labute approximate surface area is 218 Å². The number of nitro groups is 1. The molecular weight excluding hydrogens is 589 g/mol. The molecule has 0 saturated heterocycles. The van der Waals surface area contributed by atoms with Crippen LogP contribution in [0.3, 0.4) is 0 Å². The number of phenolic OH excluding ortho intramolecular Hbond substituents is 1. The molecule has 0 radical (unpaired) electrons. The van der Waals surface area contributed by atoms with Crippen LogP contribution in [-0.2, 0) is 11.4 Å². The molecule has 11 heteroatoms. The number of benzene rings is 3. The van der Waals surface area contributed by atoms with Crippen LogP contribution in [0, 0.1) is 25.0 Å². The van der Waals surface area contributed by atoms with E-state index in [1.165, 1.54) is 19.3 Å². The summed E-state index contributed by atoms with van der Waals surface area (Å²) in [4.78, 5) is 22.7. The molecule has 3 rings (SSSR count). The highest BCUT2D eigenvalue weighted by atomic mass is 127. The molecule has 3 aromatic carbocycles. The second kappa shape index (κ2) is 11.5. The van der Waals surface area contributed by atoms with Crippen LogP contribution in [-0.4, -0.2) is 23.0 Å². The van der Waals surface area contributed by atoms with Gasteiger partial charge in [-0.15, -0.1) is 0 Å². The molecule has 1 amide bonds. The minimum absolute atomic E-state index is 0.0696. The van der Waals surface area contributed by atoms with Crippen molar-refractivity contribution >= 4 is 57.5 Å². The maximum Gasteiger partial charge on any atom is 0.273 e. The molecule has 9 nitrogen and oxygen atoms in total. The number of nitriles is 1. The Kier molecular flexibility index (Phi) is 8.51. The third kappa shape index (κ3) is 6.62. The summed E-state index contributed by atoms with van der Waals surface area (Å²) >= 11 is 7.97. The number of carbonyl (C=O) groups excluding carboxylic acids is 1. The van der Waals surface area contributed by atoms with E-state index in [4.69, 9.17) is 21.1 Å². The van der Waals surface area contributed by atoms with Gasteiger partial charge in [-0.05, 0) is 70.1 Å². The zero-order valence-electron chi connectivity index (χ0n) is 18.1. The standard InChI is InChI=1S/C24H17ClIN3O6/c1-34-22-10-15(9-19(26)23(22)35-13-14-2-4-17(25)5-3-14)8-16(12-27)24(31)28-20-7-6-18(29(32)33)11-21(20)30/h2-11,30H,13H2,1H3,(H,28,31). The van der Waals surface area contributed by atoms with E-state index in [1.807, 2.05) is 18.2 Å². The average molecular weight is 606 g/mol. The van der Waals surface area contributed by atoms with Crippen LogP contribution < -0.4 is 14.8 Å². The number of nitrogens with one attached hydrogen (secondary N) is 1. The molecule has 35 heavy (non-hydrogen) atoms. The quantitative estimate of drug-likeness (QED) is 0.0841. The molecule has 0 atom stereocenters. The van der Waals surface area contributed by atoms with Gasteiger partial charge in [0.25, 0.3) is 11.6 Å². The summed E-state index contributed by atoms with van der Waals surface area (Å²) in [6.45, 7) is 0.281. The van der Waals surface area contributed by atoms with E-state index in [2.05, 4.69) is 27.9 Å². The number of nitrogens with zero attached hydrogens (tertiary/aromatic N) is 2. The van der Waals surface area contributed by atoms with Gasteiger partial charge in [-0.2, -0.15) is 5.26 Å². The van der Waals surface area contributed by atoms with Gasteiger partial charge in [0.05, 0.1) is 27.4 Å². The second-order valence-corrected chi connectivity index (χ2v) is 8.63. The first-order valence-electron chi connectivity index (χ1n) is 9.87. The van der Waals surface area contributed by atoms with Gasteiger partial charge in [0.2, 0.25) is 0 Å². The van der Waals surface area contributed by atoms with Gasteiger partial charge in [-0.3, -0.25) is 14.9 Å². The van der Waals surface area contributed by atoms with E-state index in [9.17, 15) is 25.3 Å². The predicted molar refractivity (Wildman–Crippen MR) is 138 cm³/mol. The van der Waals surface area contributed by atoms with E-state index in [0.717, 1.165) is 17.7 Å². The molecule has 0 spiro atoms. The summed E-state index contributed by atoms with van der Waals surface area (Å²) in [6, 6.07) is 15.6. The van der Waals surface area contributed by atoms with Crippen molar-refractivity contribution in [1.29, 1.82) is 5.26 Å². The van der Waals surface area contributed by atoms with E-state index < -0.39 is 16.6 Å². The fourth-order valence-corrected chi connectivity index (χ4v) is 3.85. The molecule has 178 valence electrons.